The van der Waals surface area contributed by atoms with Crippen LogP contribution in [-0.4, -0.2) is 59.9 Å². The van der Waals surface area contributed by atoms with Crippen molar-refractivity contribution in [3.63, 3.8) is 0 Å². The number of hydrogen-bond acceptors (Lipinski definition) is 11. The molecule has 0 spiro atoms. The molecule has 0 saturated heterocycles. The molecular formula is C42H38GaN3O8S2. The average Bonchev–Trinajstić information content (AvgIpc) is 3.88. The normalized spacial score (nSPS) is 10.3. The number of hydrogen-bond donors (Lipinski definition) is 2. The number of rotatable bonds is 9. The molecule has 14 heteroatoms. The number of nitrogens with zero attached hydrogens (tertiary/aromatic N) is 3. The number of aryl methyl sites for hydroxylation is 3. The van der Waals surface area contributed by atoms with Gasteiger partial charge in [-0.2, -0.15) is 0 Å². The van der Waals surface area contributed by atoms with Crippen molar-refractivity contribution < 1.29 is 35.9 Å². The Hall–Kier alpha value is -5.77. The molecule has 0 aliphatic rings. The molecule has 8 rings (SSSR count). The maximum absolute atomic E-state index is 12.8. The van der Waals surface area contributed by atoms with E-state index < -0.39 is 23.3 Å². The summed E-state index contributed by atoms with van der Waals surface area (Å²) in [5, 5.41) is 24.4. The van der Waals surface area contributed by atoms with Gasteiger partial charge in [-0.1, -0.05) is 24.3 Å². The summed E-state index contributed by atoms with van der Waals surface area (Å²) in [6.07, 6.45) is 0.323. The summed E-state index contributed by atoms with van der Waals surface area (Å²) in [6, 6.07) is 36.0. The Bertz CT molecular complexity index is 2460. The number of thiophene rings is 2. The van der Waals surface area contributed by atoms with E-state index in [1.54, 1.807) is 6.07 Å². The van der Waals surface area contributed by atoms with Gasteiger partial charge in [-0.15, -0.1) is 11.3 Å². The number of pyridine rings is 3. The number of phenolic OH excluding ortho intramolecular Hbond substituents is 1. The van der Waals surface area contributed by atoms with Crippen LogP contribution in [0.4, 0.5) is 0 Å². The smallest absolute Gasteiger partial charge is 0.308 e. The molecule has 56 heavy (non-hydrogen) atoms. The molecule has 0 atom stereocenters. The number of carboxylic acids is 1. The van der Waals surface area contributed by atoms with Crippen molar-refractivity contribution >= 4 is 84.6 Å². The molecule has 5 heterocycles. The summed E-state index contributed by atoms with van der Waals surface area (Å²) in [7, 11) is 0. The number of fused-ring (bicyclic) bond motifs is 3. The van der Waals surface area contributed by atoms with E-state index in [1.807, 2.05) is 141 Å². The first-order valence-corrected chi connectivity index (χ1v) is 21.9. The number of carbonyl (C=O) groups excluding carboxylic acids is 1. The monoisotopic (exact) mass is 845 g/mol. The Kier molecular flexibility index (Phi) is 14.6. The van der Waals surface area contributed by atoms with Crippen LogP contribution in [-0.2, 0) is 26.0 Å². The molecule has 0 aliphatic carbocycles. The first kappa shape index (κ1) is 41.4. The molecule has 0 amide bonds. The van der Waals surface area contributed by atoms with Gasteiger partial charge in [-0.05, 0) is 30.5 Å². The number of benzene rings is 3. The fraction of sp³-hybridized carbons (Fsp3) is 0.119. The average molecular weight is 847 g/mol. The summed E-state index contributed by atoms with van der Waals surface area (Å²) in [6.45, 7) is 5.76. The van der Waals surface area contributed by atoms with Crippen LogP contribution in [0.3, 0.4) is 0 Å². The molecule has 0 saturated carbocycles. The van der Waals surface area contributed by atoms with Crippen LogP contribution < -0.4 is 7.06 Å². The fourth-order valence-electron chi connectivity index (χ4n) is 5.40. The van der Waals surface area contributed by atoms with Gasteiger partial charge in [0.1, 0.15) is 11.3 Å². The van der Waals surface area contributed by atoms with Gasteiger partial charge in [-0.25, -0.2) is 4.98 Å². The second-order valence-electron chi connectivity index (χ2n) is 12.3. The van der Waals surface area contributed by atoms with Crippen LogP contribution in [0.15, 0.2) is 126 Å². The van der Waals surface area contributed by atoms with Crippen molar-refractivity contribution in [3.05, 3.63) is 153 Å². The van der Waals surface area contributed by atoms with Gasteiger partial charge in [0.2, 0.25) is 0 Å². The number of aliphatic carboxylic acids is 1. The Morgan fingerprint density at radius 3 is 1.50 bits per heavy atom. The van der Waals surface area contributed by atoms with Crippen molar-refractivity contribution in [3.8, 4) is 17.2 Å². The number of phenols is 1. The predicted molar refractivity (Wildman–Crippen MR) is 222 cm³/mol. The second-order valence-corrected chi connectivity index (χ2v) is 17.0. The van der Waals surface area contributed by atoms with E-state index in [9.17, 15) is 14.7 Å². The number of aromatic nitrogens is 3. The van der Waals surface area contributed by atoms with Gasteiger partial charge in [0.05, 0.1) is 6.42 Å². The third-order valence-corrected chi connectivity index (χ3v) is 12.5. The summed E-state index contributed by atoms with van der Waals surface area (Å²) >= 11 is -0.656. The van der Waals surface area contributed by atoms with Gasteiger partial charge in [-0.3, -0.25) is 4.79 Å². The molecule has 0 unspecified atom stereocenters. The molecule has 0 aliphatic heterocycles. The molecular weight excluding hydrogens is 808 g/mol. The van der Waals surface area contributed by atoms with Gasteiger partial charge in [0.15, 0.2) is 0 Å². The second kappa shape index (κ2) is 19.7. The van der Waals surface area contributed by atoms with Crippen LogP contribution in [0.25, 0.3) is 32.7 Å². The van der Waals surface area contributed by atoms with Crippen molar-refractivity contribution in [1.82, 2.24) is 15.0 Å². The third kappa shape index (κ3) is 11.4. The summed E-state index contributed by atoms with van der Waals surface area (Å²) in [4.78, 5) is 38.2. The zero-order chi connectivity index (χ0) is 38.7. The molecule has 0 radical (unpaired) electrons. The maximum Gasteiger partial charge on any atom is 0.308 e. The first-order valence-electron chi connectivity index (χ1n) is 17.2. The van der Waals surface area contributed by atoms with Crippen LogP contribution in [0.5, 0.6) is 17.2 Å². The SMILES string of the molecule is Cc1ccc2cccc(O)c2n1.Cc1ccc2cccc([O][Ga]([O]C(=O)Cc3cccs3)[O]c3cccc4ccc(C)nc34)c2n1.O.O=C(O)Cc1cccs1. The quantitative estimate of drug-likeness (QED) is 0.134. The third-order valence-electron chi connectivity index (χ3n) is 7.96. The van der Waals surface area contributed by atoms with Crippen LogP contribution in [0, 0.1) is 20.8 Å². The Morgan fingerprint density at radius 1 is 0.589 bits per heavy atom. The minimum absolute atomic E-state index is 0. The molecule has 8 aromatic rings. The Balaban J connectivity index is 0.000000221. The van der Waals surface area contributed by atoms with E-state index in [0.29, 0.717) is 28.0 Å². The van der Waals surface area contributed by atoms with Crippen LogP contribution in [0.2, 0.25) is 0 Å². The number of aromatic hydroxyl groups is 1. The molecule has 0 bridgehead atoms. The van der Waals surface area contributed by atoms with E-state index in [1.165, 1.54) is 22.7 Å². The largest absolute Gasteiger partial charge is 0.481 e. The number of carboxylic acid groups (broad SMARTS) is 1. The van der Waals surface area contributed by atoms with Crippen molar-refractivity contribution in [2.45, 2.75) is 33.6 Å². The van der Waals surface area contributed by atoms with Crippen molar-refractivity contribution in [1.29, 1.82) is 0 Å². The zero-order valence-electron chi connectivity index (χ0n) is 30.7. The number of carbonyl (C=O) groups is 2. The standard InChI is InChI=1S/3C10H9NO.2C6H6O2S.Ga.H2O/c3*1-7-5-6-8-3-2-4-9(12)10(8)11-7;2*7-6(8)4-5-2-1-3-9-5;;/h3*2-6,12H,1H3;2*1-3H,4H2,(H,7,8);;1H2/q;;;;;+3;/p-3. The molecule has 3 aromatic carbocycles. The van der Waals surface area contributed by atoms with E-state index in [0.717, 1.165) is 43.0 Å². The minimum Gasteiger partial charge on any atom is -0.481 e. The van der Waals surface area contributed by atoms with Crippen molar-refractivity contribution in [2.24, 2.45) is 0 Å². The van der Waals surface area contributed by atoms with Gasteiger partial charge in [0.25, 0.3) is 0 Å². The van der Waals surface area contributed by atoms with E-state index in [2.05, 4.69) is 15.0 Å². The summed E-state index contributed by atoms with van der Waals surface area (Å²) in [5.74, 6) is 0.189. The molecule has 5 aromatic heterocycles. The topological polar surface area (TPSA) is 172 Å². The minimum atomic E-state index is -3.64. The van der Waals surface area contributed by atoms with Crippen LogP contribution >= 0.6 is 22.7 Å². The summed E-state index contributed by atoms with van der Waals surface area (Å²) < 4.78 is 18.4. The van der Waals surface area contributed by atoms with Gasteiger partial charge >= 0.3 is 214 Å². The fourth-order valence-corrected chi connectivity index (χ4v) is 9.38. The molecule has 0 fully saturated rings. The first-order chi connectivity index (χ1) is 26.6. The predicted octanol–water partition coefficient (Wildman–Crippen LogP) is 8.49. The van der Waals surface area contributed by atoms with Gasteiger partial charge in [0, 0.05) is 16.0 Å². The van der Waals surface area contributed by atoms with Gasteiger partial charge < -0.3 is 15.7 Å². The van der Waals surface area contributed by atoms with E-state index >= 15 is 0 Å². The summed E-state index contributed by atoms with van der Waals surface area (Å²) in [5.41, 5.74) is 4.77. The molecule has 11 nitrogen and oxygen atoms in total. The Labute approximate surface area is 337 Å². The van der Waals surface area contributed by atoms with E-state index in [-0.39, 0.29) is 30.0 Å². The molecule has 284 valence electrons. The maximum atomic E-state index is 12.8. The molecule has 4 N–H and O–H groups in total. The van der Waals surface area contributed by atoms with Crippen molar-refractivity contribution in [2.75, 3.05) is 0 Å². The number of para-hydroxylation sites is 3. The zero-order valence-corrected chi connectivity index (χ0v) is 34.8. The Morgan fingerprint density at radius 2 is 1.04 bits per heavy atom. The van der Waals surface area contributed by atoms with Crippen LogP contribution in [0.1, 0.15) is 26.8 Å². The van der Waals surface area contributed by atoms with E-state index in [4.69, 9.17) is 15.7 Å².